The van der Waals surface area contributed by atoms with Gasteiger partial charge in [0.15, 0.2) is 4.21 Å². The van der Waals surface area contributed by atoms with Crippen molar-refractivity contribution in [1.29, 1.82) is 0 Å². The zero-order chi connectivity index (χ0) is 12.5. The van der Waals surface area contributed by atoms with E-state index >= 15 is 0 Å². The maximum absolute atomic E-state index is 12.2. The lowest BCUT2D eigenvalue weighted by Gasteiger charge is -2.22. The van der Waals surface area contributed by atoms with E-state index in [1.807, 2.05) is 0 Å². The number of nitrogens with zero attached hydrogens (tertiary/aromatic N) is 2. The molecule has 5 nitrogen and oxygen atoms in total. The van der Waals surface area contributed by atoms with Crippen molar-refractivity contribution >= 4 is 21.4 Å². The third kappa shape index (κ3) is 2.42. The largest absolute Gasteiger partial charge is 0.329 e. The minimum atomic E-state index is -3.45. The molecule has 1 atom stereocenters. The number of nitrogens with two attached hydrogens (primary N) is 1. The van der Waals surface area contributed by atoms with Crippen LogP contribution in [0.5, 0.6) is 0 Å². The van der Waals surface area contributed by atoms with Crippen LogP contribution < -0.4 is 5.73 Å². The summed E-state index contributed by atoms with van der Waals surface area (Å²) in [4.78, 5) is 4.13. The maximum Gasteiger partial charge on any atom is 0.254 e. The Bertz CT molecular complexity index is 467. The first-order chi connectivity index (χ1) is 7.30. The molecular weight excluding hydrogens is 246 g/mol. The molecule has 0 spiro atoms. The Hall–Kier alpha value is -0.500. The molecule has 7 heteroatoms. The van der Waals surface area contributed by atoms with E-state index in [0.717, 1.165) is 5.01 Å². The SMILES string of the molecule is Cc1nc(C)c(S(=O)(=O)N(C)C(C)CN)s1. The number of likely N-dealkylation sites (N-methyl/N-ethyl adjacent to an activating group) is 1. The van der Waals surface area contributed by atoms with Crippen LogP contribution in [0.4, 0.5) is 0 Å². The van der Waals surface area contributed by atoms with Gasteiger partial charge in [0.2, 0.25) is 0 Å². The molecular formula is C9H17N3O2S2. The number of thiazole rings is 1. The second-order valence-electron chi connectivity index (χ2n) is 3.71. The second-order valence-corrected chi connectivity index (χ2v) is 7.11. The Morgan fingerprint density at radius 2 is 2.06 bits per heavy atom. The minimum absolute atomic E-state index is 0.216. The summed E-state index contributed by atoms with van der Waals surface area (Å²) in [6.45, 7) is 5.58. The zero-order valence-electron chi connectivity index (χ0n) is 9.89. The van der Waals surface area contributed by atoms with Crippen LogP contribution in [0.2, 0.25) is 0 Å². The third-order valence-corrected chi connectivity index (χ3v) is 6.07. The van der Waals surface area contributed by atoms with Crippen LogP contribution in [0.15, 0.2) is 4.21 Å². The molecule has 0 aliphatic heterocycles. The third-order valence-electron chi connectivity index (χ3n) is 2.44. The summed E-state index contributed by atoms with van der Waals surface area (Å²) in [5, 5.41) is 0.755. The van der Waals surface area contributed by atoms with Crippen molar-refractivity contribution in [2.45, 2.75) is 31.0 Å². The highest BCUT2D eigenvalue weighted by Gasteiger charge is 2.28. The van der Waals surface area contributed by atoms with Gasteiger partial charge in [-0.1, -0.05) is 0 Å². The molecule has 1 unspecified atom stereocenters. The molecule has 0 aliphatic rings. The average Bonchev–Trinajstić information content (AvgIpc) is 2.56. The molecule has 2 N–H and O–H groups in total. The van der Waals surface area contributed by atoms with Crippen molar-refractivity contribution in [2.24, 2.45) is 5.73 Å². The monoisotopic (exact) mass is 263 g/mol. The van der Waals surface area contributed by atoms with Gasteiger partial charge in [0.25, 0.3) is 10.0 Å². The average molecular weight is 263 g/mol. The topological polar surface area (TPSA) is 76.3 Å². The molecule has 16 heavy (non-hydrogen) atoms. The number of aryl methyl sites for hydroxylation is 2. The lowest BCUT2D eigenvalue weighted by Crippen LogP contribution is -2.39. The van der Waals surface area contributed by atoms with Crippen LogP contribution in [-0.4, -0.2) is 37.3 Å². The van der Waals surface area contributed by atoms with Crippen LogP contribution in [0.1, 0.15) is 17.6 Å². The highest BCUT2D eigenvalue weighted by molar-refractivity contribution is 7.91. The molecule has 0 amide bonds. The van der Waals surface area contributed by atoms with Gasteiger partial charge in [0.05, 0.1) is 10.7 Å². The van der Waals surface area contributed by atoms with Gasteiger partial charge in [-0.05, 0) is 20.8 Å². The van der Waals surface area contributed by atoms with Gasteiger partial charge in [0, 0.05) is 19.6 Å². The highest BCUT2D eigenvalue weighted by Crippen LogP contribution is 2.26. The van der Waals surface area contributed by atoms with Gasteiger partial charge < -0.3 is 5.73 Å². The lowest BCUT2D eigenvalue weighted by molar-refractivity contribution is 0.395. The molecule has 0 bridgehead atoms. The van der Waals surface area contributed by atoms with Crippen LogP contribution in [-0.2, 0) is 10.0 Å². The van der Waals surface area contributed by atoms with E-state index in [2.05, 4.69) is 4.98 Å². The van der Waals surface area contributed by atoms with Crippen molar-refractivity contribution in [3.8, 4) is 0 Å². The van der Waals surface area contributed by atoms with Crippen molar-refractivity contribution in [3.63, 3.8) is 0 Å². The number of aromatic nitrogens is 1. The molecule has 1 rings (SSSR count). The van der Waals surface area contributed by atoms with Crippen molar-refractivity contribution in [2.75, 3.05) is 13.6 Å². The predicted molar refractivity (Wildman–Crippen MR) is 65.1 cm³/mol. The molecule has 1 heterocycles. The van der Waals surface area contributed by atoms with E-state index in [9.17, 15) is 8.42 Å². The molecule has 1 aromatic rings. The van der Waals surface area contributed by atoms with E-state index in [0.29, 0.717) is 16.4 Å². The first-order valence-corrected chi connectivity index (χ1v) is 7.18. The fourth-order valence-corrected chi connectivity index (χ4v) is 4.29. The number of hydrogen-bond acceptors (Lipinski definition) is 5. The van der Waals surface area contributed by atoms with Gasteiger partial charge in [-0.3, -0.25) is 0 Å². The summed E-state index contributed by atoms with van der Waals surface area (Å²) < 4.78 is 26.0. The predicted octanol–water partition coefficient (Wildman–Crippen LogP) is 0.728. The van der Waals surface area contributed by atoms with Crippen LogP contribution in [0.25, 0.3) is 0 Å². The normalized spacial score (nSPS) is 14.4. The maximum atomic E-state index is 12.2. The van der Waals surface area contributed by atoms with Gasteiger partial charge in [-0.25, -0.2) is 13.4 Å². The Kier molecular flexibility index (Phi) is 4.06. The number of hydrogen-bond donors (Lipinski definition) is 1. The van der Waals surface area contributed by atoms with E-state index in [-0.39, 0.29) is 6.04 Å². The van der Waals surface area contributed by atoms with Crippen LogP contribution >= 0.6 is 11.3 Å². The zero-order valence-corrected chi connectivity index (χ0v) is 11.5. The standard InChI is InChI=1S/C9H17N3O2S2/c1-6(5-10)12(4)16(13,14)9-7(2)11-8(3)15-9/h6H,5,10H2,1-4H3. The molecule has 0 aliphatic carbocycles. The van der Waals surface area contributed by atoms with Crippen LogP contribution in [0, 0.1) is 13.8 Å². The quantitative estimate of drug-likeness (QED) is 0.868. The first-order valence-electron chi connectivity index (χ1n) is 4.92. The van der Waals surface area contributed by atoms with Crippen molar-refractivity contribution < 1.29 is 8.42 Å². The summed E-state index contributed by atoms with van der Waals surface area (Å²) >= 11 is 1.20. The van der Waals surface area contributed by atoms with Crippen molar-refractivity contribution in [3.05, 3.63) is 10.7 Å². The smallest absolute Gasteiger partial charge is 0.254 e. The number of sulfonamides is 1. The van der Waals surface area contributed by atoms with E-state index < -0.39 is 10.0 Å². The van der Waals surface area contributed by atoms with Gasteiger partial charge in [0.1, 0.15) is 0 Å². The molecule has 0 aromatic carbocycles. The van der Waals surface area contributed by atoms with Crippen molar-refractivity contribution in [1.82, 2.24) is 9.29 Å². The number of rotatable bonds is 4. The Morgan fingerprint density at radius 3 is 2.44 bits per heavy atom. The van der Waals surface area contributed by atoms with Gasteiger partial charge >= 0.3 is 0 Å². The van der Waals surface area contributed by atoms with Crippen LogP contribution in [0.3, 0.4) is 0 Å². The van der Waals surface area contributed by atoms with E-state index in [1.54, 1.807) is 27.8 Å². The van der Waals surface area contributed by atoms with Gasteiger partial charge in [-0.2, -0.15) is 4.31 Å². The Balaban J connectivity index is 3.17. The molecule has 1 aromatic heterocycles. The van der Waals surface area contributed by atoms with E-state index in [1.165, 1.54) is 15.6 Å². The Labute approximate surface area is 100 Å². The fraction of sp³-hybridized carbons (Fsp3) is 0.667. The summed E-state index contributed by atoms with van der Waals surface area (Å²) in [6.07, 6.45) is 0. The summed E-state index contributed by atoms with van der Waals surface area (Å²) in [5.41, 5.74) is 6.03. The first kappa shape index (κ1) is 13.6. The molecule has 0 saturated carbocycles. The molecule has 0 saturated heterocycles. The second kappa shape index (κ2) is 4.79. The van der Waals surface area contributed by atoms with E-state index in [4.69, 9.17) is 5.73 Å². The molecule has 0 radical (unpaired) electrons. The molecule has 92 valence electrons. The Morgan fingerprint density at radius 1 is 1.50 bits per heavy atom. The minimum Gasteiger partial charge on any atom is -0.329 e. The van der Waals surface area contributed by atoms with Gasteiger partial charge in [-0.15, -0.1) is 11.3 Å². The summed E-state index contributed by atoms with van der Waals surface area (Å²) in [6, 6.07) is -0.216. The molecule has 0 fully saturated rings. The lowest BCUT2D eigenvalue weighted by atomic mass is 10.4. The summed E-state index contributed by atoms with van der Waals surface area (Å²) in [5.74, 6) is 0. The summed E-state index contributed by atoms with van der Waals surface area (Å²) in [7, 11) is -1.91. The highest BCUT2D eigenvalue weighted by atomic mass is 32.2. The fourth-order valence-electron chi connectivity index (χ4n) is 1.27.